The molecule has 0 aliphatic heterocycles. The predicted octanol–water partition coefficient (Wildman–Crippen LogP) is 3.58. The second kappa shape index (κ2) is 8.42. The lowest BCUT2D eigenvalue weighted by atomic mass is 10.0. The van der Waals surface area contributed by atoms with Gasteiger partial charge in [0, 0.05) is 23.7 Å². The molecule has 34 heavy (non-hydrogen) atoms. The van der Waals surface area contributed by atoms with Gasteiger partial charge < -0.3 is 21.2 Å². The number of nitrogens with two attached hydrogens (primary N) is 1. The number of thiophene rings is 1. The Morgan fingerprint density at radius 2 is 2.09 bits per heavy atom. The number of anilines is 1. The highest BCUT2D eigenvalue weighted by molar-refractivity contribution is 7.21. The van der Waals surface area contributed by atoms with E-state index in [4.69, 9.17) is 17.3 Å². The van der Waals surface area contributed by atoms with Gasteiger partial charge in [-0.3, -0.25) is 14.3 Å². The Labute approximate surface area is 196 Å². The summed E-state index contributed by atoms with van der Waals surface area (Å²) in [4.78, 5) is 38.9. The molecule has 4 N–H and O–H groups in total. The van der Waals surface area contributed by atoms with Crippen LogP contribution >= 0.6 is 22.9 Å². The van der Waals surface area contributed by atoms with E-state index in [9.17, 15) is 28.5 Å². The number of hydrogen-bond acceptors (Lipinski definition) is 8. The Morgan fingerprint density at radius 1 is 1.38 bits per heavy atom. The topological polar surface area (TPSA) is 175 Å². The largest absolute Gasteiger partial charge is 0.365 e. The van der Waals surface area contributed by atoms with E-state index in [0.717, 1.165) is 6.07 Å². The Hall–Kier alpha value is -3.98. The second-order valence-electron chi connectivity index (χ2n) is 6.96. The zero-order valence-electron chi connectivity index (χ0n) is 17.2. The SMILES string of the molecule is Cc1c(-c2cc(C(F)F)nc3sc(C(N)=O)c(NC(=O)c4n[nH]c([N+](=O)[O-])c4Cl)c23)cnn1C. The first-order valence-electron chi connectivity index (χ1n) is 9.25. The van der Waals surface area contributed by atoms with Crippen molar-refractivity contribution in [3.05, 3.63) is 49.4 Å². The van der Waals surface area contributed by atoms with Gasteiger partial charge in [0.1, 0.15) is 15.4 Å². The van der Waals surface area contributed by atoms with Crippen LogP contribution in [0.2, 0.25) is 5.02 Å². The van der Waals surface area contributed by atoms with Crippen LogP contribution in [0.1, 0.15) is 38.0 Å². The summed E-state index contributed by atoms with van der Waals surface area (Å²) in [6.07, 6.45) is -1.47. The van der Waals surface area contributed by atoms with Crippen molar-refractivity contribution in [3.63, 3.8) is 0 Å². The van der Waals surface area contributed by atoms with E-state index in [-0.39, 0.29) is 26.3 Å². The van der Waals surface area contributed by atoms with Crippen molar-refractivity contribution in [2.45, 2.75) is 13.3 Å². The molecule has 0 radical (unpaired) electrons. The normalized spacial score (nSPS) is 11.4. The number of nitro groups is 1. The number of amides is 2. The fourth-order valence-electron chi connectivity index (χ4n) is 3.26. The minimum absolute atomic E-state index is 0.0132. The van der Waals surface area contributed by atoms with Crippen LogP contribution in [0.5, 0.6) is 0 Å². The number of primary amides is 1. The maximum atomic E-state index is 13.6. The molecule has 0 spiro atoms. The number of H-pyrrole nitrogens is 1. The third-order valence-electron chi connectivity index (χ3n) is 4.98. The standard InChI is InChI=1S/C18H13ClF2N8O4S/c1-5-7(4-23-28(5)2)6-3-8(14(20)21)24-18-9(6)11(13(34-18)15(22)30)25-17(31)12-10(19)16(27-26-12)29(32)33/h3-4,14H,1-2H3,(H2,22,30)(H,25,31)(H,26,27). The van der Waals surface area contributed by atoms with Crippen molar-refractivity contribution in [2.75, 3.05) is 5.32 Å². The number of halogens is 3. The van der Waals surface area contributed by atoms with Gasteiger partial charge in [0.2, 0.25) is 0 Å². The van der Waals surface area contributed by atoms with Crippen LogP contribution in [0.15, 0.2) is 12.3 Å². The smallest absolute Gasteiger partial charge is 0.362 e. The Bertz CT molecular complexity index is 1490. The molecule has 0 unspecified atom stereocenters. The van der Waals surface area contributed by atoms with Crippen molar-refractivity contribution in [3.8, 4) is 11.1 Å². The number of hydrogen-bond donors (Lipinski definition) is 3. The van der Waals surface area contributed by atoms with Crippen LogP contribution in [0.25, 0.3) is 21.3 Å². The van der Waals surface area contributed by atoms with Crippen LogP contribution in [0.3, 0.4) is 0 Å². The van der Waals surface area contributed by atoms with Gasteiger partial charge in [0.15, 0.2) is 10.7 Å². The Kier molecular flexibility index (Phi) is 5.74. The average Bonchev–Trinajstić information content (AvgIpc) is 3.43. The lowest BCUT2D eigenvalue weighted by molar-refractivity contribution is -0.389. The number of fused-ring (bicyclic) bond motifs is 1. The van der Waals surface area contributed by atoms with Crippen molar-refractivity contribution in [1.82, 2.24) is 25.0 Å². The minimum Gasteiger partial charge on any atom is -0.365 e. The van der Waals surface area contributed by atoms with Crippen LogP contribution < -0.4 is 11.1 Å². The van der Waals surface area contributed by atoms with Crippen molar-refractivity contribution in [2.24, 2.45) is 12.8 Å². The zero-order valence-corrected chi connectivity index (χ0v) is 18.8. The fourth-order valence-corrected chi connectivity index (χ4v) is 4.51. The van der Waals surface area contributed by atoms with E-state index >= 15 is 0 Å². The van der Waals surface area contributed by atoms with E-state index in [1.54, 1.807) is 14.0 Å². The molecule has 12 nitrogen and oxygen atoms in total. The summed E-state index contributed by atoms with van der Waals surface area (Å²) >= 11 is 6.60. The van der Waals surface area contributed by atoms with Gasteiger partial charge in [-0.1, -0.05) is 16.7 Å². The van der Waals surface area contributed by atoms with E-state index in [1.165, 1.54) is 10.9 Å². The van der Waals surface area contributed by atoms with Gasteiger partial charge in [-0.05, 0) is 23.5 Å². The summed E-state index contributed by atoms with van der Waals surface area (Å²) in [7, 11) is 1.66. The summed E-state index contributed by atoms with van der Waals surface area (Å²) in [5.41, 5.74) is 5.59. The number of aryl methyl sites for hydroxylation is 1. The molecule has 176 valence electrons. The molecular weight excluding hydrogens is 498 g/mol. The highest BCUT2D eigenvalue weighted by atomic mass is 35.5. The average molecular weight is 511 g/mol. The molecular formula is C18H13ClF2N8O4S. The molecule has 0 aliphatic rings. The van der Waals surface area contributed by atoms with E-state index < -0.39 is 45.4 Å². The summed E-state index contributed by atoms with van der Waals surface area (Å²) in [5.74, 6) is -2.65. The first-order chi connectivity index (χ1) is 16.0. The minimum atomic E-state index is -2.92. The lowest BCUT2D eigenvalue weighted by Gasteiger charge is -2.10. The first-order valence-corrected chi connectivity index (χ1v) is 10.4. The molecule has 4 aromatic heterocycles. The van der Waals surface area contributed by atoms with E-state index in [0.29, 0.717) is 22.6 Å². The number of carbonyl (C=O) groups excluding carboxylic acids is 2. The number of carbonyl (C=O) groups is 2. The van der Waals surface area contributed by atoms with Gasteiger partial charge >= 0.3 is 5.82 Å². The van der Waals surface area contributed by atoms with Crippen LogP contribution in [-0.2, 0) is 7.05 Å². The molecule has 0 aromatic carbocycles. The molecule has 0 saturated carbocycles. The van der Waals surface area contributed by atoms with Gasteiger partial charge in [0.25, 0.3) is 18.2 Å². The highest BCUT2D eigenvalue weighted by Crippen LogP contribution is 2.43. The monoisotopic (exact) mass is 510 g/mol. The summed E-state index contributed by atoms with van der Waals surface area (Å²) in [6, 6.07) is 1.14. The summed E-state index contributed by atoms with van der Waals surface area (Å²) in [6.45, 7) is 1.71. The molecule has 0 aliphatic carbocycles. The second-order valence-corrected chi connectivity index (χ2v) is 8.34. The van der Waals surface area contributed by atoms with Crippen molar-refractivity contribution < 1.29 is 23.3 Å². The summed E-state index contributed by atoms with van der Waals surface area (Å²) in [5, 5.41) is 22.8. The van der Waals surface area contributed by atoms with Crippen molar-refractivity contribution in [1.29, 1.82) is 0 Å². The zero-order chi connectivity index (χ0) is 24.9. The highest BCUT2D eigenvalue weighted by Gasteiger charge is 2.29. The van der Waals surface area contributed by atoms with Crippen LogP contribution in [-0.4, -0.2) is 41.7 Å². The lowest BCUT2D eigenvalue weighted by Crippen LogP contribution is -2.17. The maximum absolute atomic E-state index is 13.6. The number of aromatic nitrogens is 5. The number of aromatic amines is 1. The predicted molar refractivity (Wildman–Crippen MR) is 118 cm³/mol. The molecule has 16 heteroatoms. The van der Waals surface area contributed by atoms with Crippen LogP contribution in [0.4, 0.5) is 20.3 Å². The number of rotatable bonds is 6. The third kappa shape index (κ3) is 3.73. The number of pyridine rings is 1. The number of nitrogens with one attached hydrogen (secondary N) is 2. The molecule has 4 rings (SSSR count). The Balaban J connectivity index is 1.96. The Morgan fingerprint density at radius 3 is 2.62 bits per heavy atom. The number of nitrogens with zero attached hydrogens (tertiary/aromatic N) is 5. The van der Waals surface area contributed by atoms with Gasteiger partial charge in [-0.2, -0.15) is 5.10 Å². The first kappa shape index (κ1) is 23.2. The van der Waals surface area contributed by atoms with E-state index in [2.05, 4.69) is 20.5 Å². The maximum Gasteiger partial charge on any atom is 0.362 e. The molecule has 4 aromatic rings. The van der Waals surface area contributed by atoms with Gasteiger partial charge in [0.05, 0.1) is 11.9 Å². The quantitative estimate of drug-likeness (QED) is 0.262. The number of alkyl halides is 2. The molecule has 4 heterocycles. The third-order valence-corrected chi connectivity index (χ3v) is 6.44. The van der Waals surface area contributed by atoms with Crippen molar-refractivity contribution >= 4 is 56.5 Å². The van der Waals surface area contributed by atoms with Crippen LogP contribution in [0, 0.1) is 17.0 Å². The molecule has 0 atom stereocenters. The molecule has 0 saturated heterocycles. The summed E-state index contributed by atoms with van der Waals surface area (Å²) < 4.78 is 28.7. The van der Waals surface area contributed by atoms with E-state index in [1.807, 2.05) is 5.10 Å². The molecule has 0 fully saturated rings. The molecule has 2 amide bonds. The van der Waals surface area contributed by atoms with Gasteiger partial charge in [-0.15, -0.1) is 16.4 Å². The fraction of sp³-hybridized carbons (Fsp3) is 0.167. The molecule has 0 bridgehead atoms. The van der Waals surface area contributed by atoms with Gasteiger partial charge in [-0.25, -0.2) is 13.8 Å².